The van der Waals surface area contributed by atoms with Gasteiger partial charge in [-0.3, -0.25) is 4.99 Å². The van der Waals surface area contributed by atoms with Crippen molar-refractivity contribution in [2.75, 3.05) is 6.61 Å². The molecule has 3 N–H and O–H groups in total. The molecule has 0 saturated heterocycles. The second-order valence-corrected chi connectivity index (χ2v) is 5.79. The fourth-order valence-corrected chi connectivity index (χ4v) is 2.58. The van der Waals surface area contributed by atoms with Crippen molar-refractivity contribution in [3.63, 3.8) is 0 Å². The third kappa shape index (κ3) is 4.63. The molecule has 0 spiro atoms. The maximum absolute atomic E-state index is 6.26. The van der Waals surface area contributed by atoms with Gasteiger partial charge in [-0.25, -0.2) is 0 Å². The lowest BCUT2D eigenvalue weighted by Gasteiger charge is -2.09. The molecule has 1 aromatic heterocycles. The van der Waals surface area contributed by atoms with Gasteiger partial charge in [-0.2, -0.15) is 0 Å². The van der Waals surface area contributed by atoms with Crippen LogP contribution in [-0.2, 0) is 0 Å². The molecule has 23 heavy (non-hydrogen) atoms. The van der Waals surface area contributed by atoms with E-state index in [0.29, 0.717) is 16.5 Å². The zero-order valence-electron chi connectivity index (χ0n) is 13.5. The van der Waals surface area contributed by atoms with Gasteiger partial charge in [0.05, 0.1) is 5.02 Å². The van der Waals surface area contributed by atoms with E-state index in [1.54, 1.807) is 0 Å². The summed E-state index contributed by atoms with van der Waals surface area (Å²) in [4.78, 5) is 7.47. The number of H-pyrrole nitrogens is 1. The Morgan fingerprint density at radius 1 is 1.43 bits per heavy atom. The summed E-state index contributed by atoms with van der Waals surface area (Å²) in [6.45, 7) is 7.96. The van der Waals surface area contributed by atoms with Crippen LogP contribution in [0.15, 0.2) is 47.7 Å². The van der Waals surface area contributed by atoms with Gasteiger partial charge in [0.15, 0.2) is 0 Å². The van der Waals surface area contributed by atoms with E-state index in [1.165, 1.54) is 6.20 Å². The molecule has 1 heterocycles. The van der Waals surface area contributed by atoms with Gasteiger partial charge in [0.2, 0.25) is 0 Å². The molecule has 2 rings (SSSR count). The molecular weight excluding hydrogens is 310 g/mol. The minimum Gasteiger partial charge on any atom is -0.486 e. The Hall–Kier alpha value is -2.20. The van der Waals surface area contributed by atoms with Gasteiger partial charge in [-0.15, -0.1) is 0 Å². The number of aliphatic imine (C=N–C) groups is 1. The van der Waals surface area contributed by atoms with Crippen molar-refractivity contribution < 1.29 is 4.74 Å². The van der Waals surface area contributed by atoms with Crippen LogP contribution >= 0.6 is 11.6 Å². The lowest BCUT2D eigenvalue weighted by Crippen LogP contribution is -2.11. The first-order valence-electron chi connectivity index (χ1n) is 7.58. The van der Waals surface area contributed by atoms with Crippen molar-refractivity contribution in [3.8, 4) is 5.75 Å². The van der Waals surface area contributed by atoms with E-state index in [1.807, 2.05) is 31.2 Å². The molecule has 0 radical (unpaired) electrons. The highest BCUT2D eigenvalue weighted by Gasteiger charge is 2.07. The molecule has 0 atom stereocenters. The summed E-state index contributed by atoms with van der Waals surface area (Å²) in [6.07, 6.45) is 5.19. The fraction of sp³-hybridized carbons (Fsp3) is 0.278. The third-order valence-corrected chi connectivity index (χ3v) is 3.61. The lowest BCUT2D eigenvalue weighted by molar-refractivity contribution is 0.351. The van der Waals surface area contributed by atoms with E-state index in [0.717, 1.165) is 35.2 Å². The zero-order valence-corrected chi connectivity index (χ0v) is 14.3. The van der Waals surface area contributed by atoms with Crippen LogP contribution in [0.1, 0.15) is 25.5 Å². The van der Waals surface area contributed by atoms with Crippen molar-refractivity contribution >= 4 is 28.2 Å². The molecule has 0 aliphatic rings. The van der Waals surface area contributed by atoms with Crippen molar-refractivity contribution in [1.29, 1.82) is 0 Å². The van der Waals surface area contributed by atoms with E-state index in [9.17, 15) is 0 Å². The van der Waals surface area contributed by atoms with Crippen LogP contribution in [-0.4, -0.2) is 17.3 Å². The quantitative estimate of drug-likeness (QED) is 0.720. The number of nitrogens with two attached hydrogens (primary N) is 1. The predicted molar refractivity (Wildman–Crippen MR) is 98.4 cm³/mol. The number of hydrogen-bond donors (Lipinski definition) is 2. The second kappa shape index (κ2) is 7.88. The summed E-state index contributed by atoms with van der Waals surface area (Å²) in [5.41, 5.74) is 9.58. The maximum atomic E-state index is 6.26. The highest BCUT2D eigenvalue weighted by molar-refractivity contribution is 6.32. The van der Waals surface area contributed by atoms with Gasteiger partial charge in [-0.1, -0.05) is 31.5 Å². The van der Waals surface area contributed by atoms with Gasteiger partial charge in [0.25, 0.3) is 0 Å². The summed E-state index contributed by atoms with van der Waals surface area (Å²) >= 11 is 6.26. The molecule has 0 unspecified atom stereocenters. The molecule has 0 amide bonds. The average Bonchev–Trinajstić information content (AvgIpc) is 2.84. The molecule has 5 heteroatoms. The van der Waals surface area contributed by atoms with E-state index < -0.39 is 0 Å². The predicted octanol–water partition coefficient (Wildman–Crippen LogP) is 4.74. The van der Waals surface area contributed by atoms with Gasteiger partial charge < -0.3 is 15.5 Å². The number of hydrogen-bond acceptors (Lipinski definition) is 3. The van der Waals surface area contributed by atoms with Crippen molar-refractivity contribution in [1.82, 2.24) is 4.98 Å². The number of aryl methyl sites for hydroxylation is 1. The third-order valence-electron chi connectivity index (χ3n) is 3.32. The molecule has 0 saturated carbocycles. The Morgan fingerprint density at radius 3 is 2.91 bits per heavy atom. The monoisotopic (exact) mass is 331 g/mol. The molecule has 4 nitrogen and oxygen atoms in total. The number of benzene rings is 1. The van der Waals surface area contributed by atoms with E-state index in [-0.39, 0.29) is 6.61 Å². The molecule has 0 bridgehead atoms. The summed E-state index contributed by atoms with van der Waals surface area (Å²) in [5, 5.41) is 1.63. The van der Waals surface area contributed by atoms with Gasteiger partial charge in [-0.05, 0) is 31.6 Å². The molecule has 1 aromatic carbocycles. The van der Waals surface area contributed by atoms with Crippen molar-refractivity contribution in [2.24, 2.45) is 10.7 Å². The standard InChI is InChI=1S/C18H22ClN3O/c1-4-6-15(21-5-2)9-14(20)11-23-18-10-17-13(8-16(18)19)7-12(3)22-17/h5,7-10,22H,2,4,6,11,20H2,1,3H3/b14-9-,21-15?. The first-order chi connectivity index (χ1) is 11.0. The first-order valence-corrected chi connectivity index (χ1v) is 7.96. The SMILES string of the molecule is C=CN=C(/C=C(\N)COc1cc2[nH]c(C)cc2cc1Cl)CCC. The van der Waals surface area contributed by atoms with Crippen LogP contribution in [0, 0.1) is 6.92 Å². The summed E-state index contributed by atoms with van der Waals surface area (Å²) < 4.78 is 5.75. The number of allylic oxidation sites excluding steroid dienone is 1. The summed E-state index contributed by atoms with van der Waals surface area (Å²) in [6, 6.07) is 5.82. The van der Waals surface area contributed by atoms with Gasteiger partial charge >= 0.3 is 0 Å². The average molecular weight is 332 g/mol. The Balaban J connectivity index is 2.11. The highest BCUT2D eigenvalue weighted by Crippen LogP contribution is 2.30. The molecular formula is C18H22ClN3O. The van der Waals surface area contributed by atoms with Crippen LogP contribution in [0.3, 0.4) is 0 Å². The van der Waals surface area contributed by atoms with Crippen LogP contribution in [0.5, 0.6) is 5.75 Å². The summed E-state index contributed by atoms with van der Waals surface area (Å²) in [7, 11) is 0. The fourth-order valence-electron chi connectivity index (χ4n) is 2.35. The number of nitrogens with one attached hydrogen (secondary N) is 1. The van der Waals surface area contributed by atoms with Crippen molar-refractivity contribution in [3.05, 3.63) is 53.5 Å². The van der Waals surface area contributed by atoms with Crippen LogP contribution < -0.4 is 10.5 Å². The Labute approximate surface area is 141 Å². The number of nitrogens with zero attached hydrogens (tertiary/aromatic N) is 1. The molecule has 0 aliphatic carbocycles. The minimum absolute atomic E-state index is 0.255. The van der Waals surface area contributed by atoms with E-state index >= 15 is 0 Å². The smallest absolute Gasteiger partial charge is 0.140 e. The van der Waals surface area contributed by atoms with Crippen LogP contribution in [0.2, 0.25) is 5.02 Å². The number of ether oxygens (including phenoxy) is 1. The maximum Gasteiger partial charge on any atom is 0.140 e. The lowest BCUT2D eigenvalue weighted by atomic mass is 10.2. The van der Waals surface area contributed by atoms with Gasteiger partial charge in [0, 0.05) is 40.3 Å². The first kappa shape index (κ1) is 17.2. The Bertz CT molecular complexity index is 759. The van der Waals surface area contributed by atoms with Gasteiger partial charge in [0.1, 0.15) is 12.4 Å². The molecule has 0 fully saturated rings. The topological polar surface area (TPSA) is 63.4 Å². The Kier molecular flexibility index (Phi) is 5.88. The largest absolute Gasteiger partial charge is 0.486 e. The number of fused-ring (bicyclic) bond motifs is 1. The second-order valence-electron chi connectivity index (χ2n) is 5.38. The number of rotatable bonds is 7. The highest BCUT2D eigenvalue weighted by atomic mass is 35.5. The number of aromatic amines is 1. The number of aromatic nitrogens is 1. The van der Waals surface area contributed by atoms with E-state index in [4.69, 9.17) is 22.1 Å². The van der Waals surface area contributed by atoms with Crippen LogP contribution in [0.25, 0.3) is 10.9 Å². The zero-order chi connectivity index (χ0) is 16.8. The molecule has 122 valence electrons. The minimum atomic E-state index is 0.255. The van der Waals surface area contributed by atoms with E-state index in [2.05, 4.69) is 23.5 Å². The number of halogens is 1. The Morgan fingerprint density at radius 2 is 2.22 bits per heavy atom. The van der Waals surface area contributed by atoms with Crippen LogP contribution in [0.4, 0.5) is 0 Å². The summed E-state index contributed by atoms with van der Waals surface area (Å²) in [5.74, 6) is 0.607. The normalized spacial score (nSPS) is 12.7. The van der Waals surface area contributed by atoms with Crippen molar-refractivity contribution in [2.45, 2.75) is 26.7 Å². The molecule has 0 aliphatic heterocycles. The molecule has 2 aromatic rings.